The summed E-state index contributed by atoms with van der Waals surface area (Å²) >= 11 is 5.75. The highest BCUT2D eigenvalue weighted by molar-refractivity contribution is 9.10. The lowest BCUT2D eigenvalue weighted by Crippen LogP contribution is -2.08. The van der Waals surface area contributed by atoms with Crippen LogP contribution in [0.2, 0.25) is 0 Å². The minimum Gasteiger partial charge on any atom is -0.316 e. The van der Waals surface area contributed by atoms with Crippen LogP contribution in [0.15, 0.2) is 27.6 Å². The Hall–Kier alpha value is 0.01000. The Labute approximate surface area is 117 Å². The second-order valence-corrected chi connectivity index (χ2v) is 6.87. The van der Waals surface area contributed by atoms with Crippen molar-refractivity contribution in [3.63, 3.8) is 0 Å². The van der Waals surface area contributed by atoms with Gasteiger partial charge in [0.1, 0.15) is 0 Å². The van der Waals surface area contributed by atoms with Crippen molar-refractivity contribution >= 4 is 27.7 Å². The standard InChI is InChI=1S/C14H20BrNS/c1-16-10-11-7-8-14(13(15)9-11)17-12-5-3-2-4-6-12/h7-9,12,16H,2-6,10H2,1H3. The predicted molar refractivity (Wildman–Crippen MR) is 79.6 cm³/mol. The monoisotopic (exact) mass is 313 g/mol. The molecule has 1 aliphatic carbocycles. The van der Waals surface area contributed by atoms with E-state index in [-0.39, 0.29) is 0 Å². The first-order chi connectivity index (χ1) is 8.29. The van der Waals surface area contributed by atoms with E-state index in [0.717, 1.165) is 11.8 Å². The molecule has 1 nitrogen and oxygen atoms in total. The third kappa shape index (κ3) is 4.01. The first kappa shape index (κ1) is 13.4. The third-order valence-corrected chi connectivity index (χ3v) is 5.56. The van der Waals surface area contributed by atoms with Crippen molar-refractivity contribution in [3.8, 4) is 0 Å². The first-order valence-electron chi connectivity index (χ1n) is 6.39. The maximum Gasteiger partial charge on any atom is 0.0314 e. The number of benzene rings is 1. The Bertz CT molecular complexity index is 361. The van der Waals surface area contributed by atoms with Crippen LogP contribution in [0, 0.1) is 0 Å². The second-order valence-electron chi connectivity index (χ2n) is 4.67. The normalized spacial score (nSPS) is 17.3. The molecule has 1 saturated carbocycles. The Balaban J connectivity index is 2.00. The molecule has 1 aliphatic rings. The van der Waals surface area contributed by atoms with E-state index in [1.165, 1.54) is 47.0 Å². The fraction of sp³-hybridized carbons (Fsp3) is 0.571. The van der Waals surface area contributed by atoms with Gasteiger partial charge < -0.3 is 5.32 Å². The van der Waals surface area contributed by atoms with E-state index < -0.39 is 0 Å². The number of thioether (sulfide) groups is 1. The SMILES string of the molecule is CNCc1ccc(SC2CCCCC2)c(Br)c1. The van der Waals surface area contributed by atoms with Crippen molar-refractivity contribution in [2.45, 2.75) is 48.8 Å². The predicted octanol–water partition coefficient (Wildman–Crippen LogP) is 4.59. The van der Waals surface area contributed by atoms with Crippen molar-refractivity contribution in [3.05, 3.63) is 28.2 Å². The molecule has 0 atom stereocenters. The summed E-state index contributed by atoms with van der Waals surface area (Å²) in [4.78, 5) is 1.40. The summed E-state index contributed by atoms with van der Waals surface area (Å²) < 4.78 is 1.25. The summed E-state index contributed by atoms with van der Waals surface area (Å²) in [5.74, 6) is 0. The maximum atomic E-state index is 3.70. The molecule has 94 valence electrons. The topological polar surface area (TPSA) is 12.0 Å². The summed E-state index contributed by atoms with van der Waals surface area (Å²) in [5, 5.41) is 4.01. The molecular formula is C14H20BrNS. The zero-order valence-corrected chi connectivity index (χ0v) is 12.7. The number of rotatable bonds is 4. The minimum atomic E-state index is 0.829. The van der Waals surface area contributed by atoms with Crippen LogP contribution in [0.4, 0.5) is 0 Å². The zero-order valence-electron chi connectivity index (χ0n) is 10.3. The lowest BCUT2D eigenvalue weighted by atomic mass is 10.0. The van der Waals surface area contributed by atoms with Crippen molar-refractivity contribution < 1.29 is 0 Å². The summed E-state index contributed by atoms with van der Waals surface area (Å²) in [7, 11) is 1.98. The first-order valence-corrected chi connectivity index (χ1v) is 8.06. The van der Waals surface area contributed by atoms with Crippen LogP contribution in [0.25, 0.3) is 0 Å². The van der Waals surface area contributed by atoms with Crippen molar-refractivity contribution in [1.29, 1.82) is 0 Å². The quantitative estimate of drug-likeness (QED) is 0.872. The van der Waals surface area contributed by atoms with Crippen LogP contribution < -0.4 is 5.32 Å². The van der Waals surface area contributed by atoms with Crippen LogP contribution >= 0.6 is 27.7 Å². The molecule has 2 rings (SSSR count). The average molecular weight is 314 g/mol. The Morgan fingerprint density at radius 3 is 2.71 bits per heavy atom. The molecule has 0 radical (unpaired) electrons. The van der Waals surface area contributed by atoms with Crippen LogP contribution in [-0.2, 0) is 6.54 Å². The van der Waals surface area contributed by atoms with Crippen molar-refractivity contribution in [2.75, 3.05) is 7.05 Å². The highest BCUT2D eigenvalue weighted by Crippen LogP contribution is 2.37. The van der Waals surface area contributed by atoms with Crippen LogP contribution in [-0.4, -0.2) is 12.3 Å². The number of hydrogen-bond acceptors (Lipinski definition) is 2. The van der Waals surface area contributed by atoms with Crippen LogP contribution in [0.3, 0.4) is 0 Å². The molecule has 0 spiro atoms. The fourth-order valence-corrected chi connectivity index (χ4v) is 4.27. The smallest absolute Gasteiger partial charge is 0.0314 e. The van der Waals surface area contributed by atoms with Crippen LogP contribution in [0.5, 0.6) is 0 Å². The molecular weight excluding hydrogens is 294 g/mol. The molecule has 1 aromatic carbocycles. The van der Waals surface area contributed by atoms with Gasteiger partial charge in [-0.3, -0.25) is 0 Å². The molecule has 3 heteroatoms. The van der Waals surface area contributed by atoms with E-state index in [0.29, 0.717) is 0 Å². The molecule has 17 heavy (non-hydrogen) atoms. The molecule has 0 unspecified atom stereocenters. The molecule has 0 aliphatic heterocycles. The molecule has 1 N–H and O–H groups in total. The largest absolute Gasteiger partial charge is 0.316 e. The molecule has 0 heterocycles. The van der Waals surface area contributed by atoms with Crippen molar-refractivity contribution in [1.82, 2.24) is 5.32 Å². The summed E-state index contributed by atoms with van der Waals surface area (Å²) in [6.07, 6.45) is 7.02. The van der Waals surface area contributed by atoms with E-state index in [1.54, 1.807) is 0 Å². The van der Waals surface area contributed by atoms with E-state index in [4.69, 9.17) is 0 Å². The number of halogens is 1. The highest BCUT2D eigenvalue weighted by atomic mass is 79.9. The summed E-state index contributed by atoms with van der Waals surface area (Å²) in [6, 6.07) is 6.73. The number of nitrogens with one attached hydrogen (secondary N) is 1. The van der Waals surface area contributed by atoms with Gasteiger partial charge in [-0.25, -0.2) is 0 Å². The minimum absolute atomic E-state index is 0.829. The van der Waals surface area contributed by atoms with Crippen molar-refractivity contribution in [2.24, 2.45) is 0 Å². The van der Waals surface area contributed by atoms with Gasteiger partial charge in [-0.15, -0.1) is 11.8 Å². The van der Waals surface area contributed by atoms with Gasteiger partial charge in [0.25, 0.3) is 0 Å². The summed E-state index contributed by atoms with van der Waals surface area (Å²) in [5.41, 5.74) is 1.34. The van der Waals surface area contributed by atoms with Gasteiger partial charge in [-0.1, -0.05) is 25.3 Å². The lowest BCUT2D eigenvalue weighted by Gasteiger charge is -2.21. The number of hydrogen-bond donors (Lipinski definition) is 1. The van der Waals surface area contributed by atoms with Gasteiger partial charge in [0, 0.05) is 21.2 Å². The van der Waals surface area contributed by atoms with Crippen LogP contribution in [0.1, 0.15) is 37.7 Å². The zero-order chi connectivity index (χ0) is 12.1. The molecule has 0 aromatic heterocycles. The van der Waals surface area contributed by atoms with E-state index in [2.05, 4.69) is 51.2 Å². The van der Waals surface area contributed by atoms with Gasteiger partial charge in [-0.2, -0.15) is 0 Å². The van der Waals surface area contributed by atoms with E-state index in [1.807, 2.05) is 7.05 Å². The summed E-state index contributed by atoms with van der Waals surface area (Å²) in [6.45, 7) is 0.937. The van der Waals surface area contributed by atoms with Gasteiger partial charge in [0.05, 0.1) is 0 Å². The van der Waals surface area contributed by atoms with E-state index in [9.17, 15) is 0 Å². The molecule has 1 aromatic rings. The second kappa shape index (κ2) is 6.81. The average Bonchev–Trinajstić information content (AvgIpc) is 2.34. The van der Waals surface area contributed by atoms with E-state index >= 15 is 0 Å². The van der Waals surface area contributed by atoms with Gasteiger partial charge in [-0.05, 0) is 53.5 Å². The molecule has 0 bridgehead atoms. The molecule has 1 fully saturated rings. The Morgan fingerprint density at radius 1 is 1.29 bits per heavy atom. The van der Waals surface area contributed by atoms with Gasteiger partial charge in [0.15, 0.2) is 0 Å². The lowest BCUT2D eigenvalue weighted by molar-refractivity contribution is 0.516. The van der Waals surface area contributed by atoms with Gasteiger partial charge >= 0.3 is 0 Å². The third-order valence-electron chi connectivity index (χ3n) is 3.22. The highest BCUT2D eigenvalue weighted by Gasteiger charge is 2.15. The van der Waals surface area contributed by atoms with Gasteiger partial charge in [0.2, 0.25) is 0 Å². The molecule has 0 saturated heterocycles. The Kier molecular flexibility index (Phi) is 5.39. The fourth-order valence-electron chi connectivity index (χ4n) is 2.32. The molecule has 0 amide bonds. The maximum absolute atomic E-state index is 3.70. The Morgan fingerprint density at radius 2 is 2.06 bits per heavy atom.